The Morgan fingerprint density at radius 3 is 2.22 bits per heavy atom. The highest BCUT2D eigenvalue weighted by Gasteiger charge is 2.12. The van der Waals surface area contributed by atoms with E-state index in [1.165, 1.54) is 6.07 Å². The molecule has 0 bridgehead atoms. The van der Waals surface area contributed by atoms with Crippen molar-refractivity contribution in [1.29, 1.82) is 0 Å². The highest BCUT2D eigenvalue weighted by atomic mass is 35.5. The summed E-state index contributed by atoms with van der Waals surface area (Å²) in [5.74, 6) is -0.726. The lowest BCUT2D eigenvalue weighted by Gasteiger charge is -2.07. The fourth-order valence-electron chi connectivity index (χ4n) is 1.51. The molecule has 0 atom stereocenters. The SMILES string of the molecule is OCc1cc(-c2cc(Cl)cc(Cl)c2)nc(Cl)c1F. The van der Waals surface area contributed by atoms with Crippen molar-refractivity contribution in [2.45, 2.75) is 6.61 Å². The second-order valence-electron chi connectivity index (χ2n) is 3.59. The molecule has 1 aromatic heterocycles. The fourth-order valence-corrected chi connectivity index (χ4v) is 2.25. The number of nitrogens with zero attached hydrogens (tertiary/aromatic N) is 1. The largest absolute Gasteiger partial charge is 0.392 e. The average Bonchev–Trinajstić information content (AvgIpc) is 2.31. The van der Waals surface area contributed by atoms with Crippen LogP contribution in [0.4, 0.5) is 4.39 Å². The van der Waals surface area contributed by atoms with Gasteiger partial charge < -0.3 is 5.11 Å². The van der Waals surface area contributed by atoms with Crippen LogP contribution >= 0.6 is 34.8 Å². The third kappa shape index (κ3) is 2.75. The minimum atomic E-state index is -0.726. The Hall–Kier alpha value is -0.870. The number of halogens is 4. The maximum Gasteiger partial charge on any atom is 0.166 e. The predicted octanol–water partition coefficient (Wildman–Crippen LogP) is 4.34. The number of benzene rings is 1. The number of pyridine rings is 1. The molecule has 1 heterocycles. The molecule has 2 nitrogen and oxygen atoms in total. The topological polar surface area (TPSA) is 33.1 Å². The molecule has 1 aromatic carbocycles. The Kier molecular flexibility index (Phi) is 4.07. The first-order chi connectivity index (χ1) is 8.51. The lowest BCUT2D eigenvalue weighted by molar-refractivity contribution is 0.275. The Morgan fingerprint density at radius 2 is 1.67 bits per heavy atom. The highest BCUT2D eigenvalue weighted by Crippen LogP contribution is 2.29. The quantitative estimate of drug-likeness (QED) is 0.837. The van der Waals surface area contributed by atoms with Gasteiger partial charge in [-0.15, -0.1) is 0 Å². The molecule has 6 heteroatoms. The molecule has 0 fully saturated rings. The minimum absolute atomic E-state index is 0.0705. The van der Waals surface area contributed by atoms with E-state index in [-0.39, 0.29) is 10.7 Å². The van der Waals surface area contributed by atoms with Gasteiger partial charge in [0.25, 0.3) is 0 Å². The number of aliphatic hydroxyl groups is 1. The molecule has 0 aliphatic heterocycles. The molecule has 0 saturated carbocycles. The Labute approximate surface area is 118 Å². The van der Waals surface area contributed by atoms with Gasteiger partial charge >= 0.3 is 0 Å². The van der Waals surface area contributed by atoms with Crippen LogP contribution in [0, 0.1) is 5.82 Å². The van der Waals surface area contributed by atoms with Gasteiger partial charge in [-0.05, 0) is 24.3 Å². The fraction of sp³-hybridized carbons (Fsp3) is 0.0833. The number of hydrogen-bond donors (Lipinski definition) is 1. The first-order valence-electron chi connectivity index (χ1n) is 4.93. The molecular weight excluding hydrogens is 299 g/mol. The van der Waals surface area contributed by atoms with E-state index in [1.54, 1.807) is 18.2 Å². The van der Waals surface area contributed by atoms with Crippen LogP contribution in [0.2, 0.25) is 15.2 Å². The molecule has 0 saturated heterocycles. The standard InChI is InChI=1S/C12H7Cl3FNO/c13-8-1-6(2-9(14)4-8)10-3-7(5-18)11(16)12(15)17-10/h1-4,18H,5H2. The van der Waals surface area contributed by atoms with Crippen LogP contribution in [0.5, 0.6) is 0 Å². The second kappa shape index (κ2) is 5.41. The van der Waals surface area contributed by atoms with Crippen molar-refractivity contribution in [2.75, 3.05) is 0 Å². The van der Waals surface area contributed by atoms with Gasteiger partial charge in [0.15, 0.2) is 11.0 Å². The predicted molar refractivity (Wildman–Crippen MR) is 70.6 cm³/mol. The van der Waals surface area contributed by atoms with Crippen molar-refractivity contribution in [1.82, 2.24) is 4.98 Å². The highest BCUT2D eigenvalue weighted by molar-refractivity contribution is 6.35. The van der Waals surface area contributed by atoms with Gasteiger partial charge in [0.05, 0.1) is 12.3 Å². The van der Waals surface area contributed by atoms with Crippen LogP contribution in [0.25, 0.3) is 11.3 Å². The summed E-state index contributed by atoms with van der Waals surface area (Å²) in [7, 11) is 0. The van der Waals surface area contributed by atoms with Crippen molar-refractivity contribution >= 4 is 34.8 Å². The summed E-state index contributed by atoms with van der Waals surface area (Å²) in [6.45, 7) is -0.463. The van der Waals surface area contributed by atoms with Gasteiger partial charge in [-0.3, -0.25) is 0 Å². The summed E-state index contributed by atoms with van der Waals surface area (Å²) in [6, 6.07) is 6.24. The van der Waals surface area contributed by atoms with Crippen molar-refractivity contribution in [3.05, 3.63) is 50.8 Å². The van der Waals surface area contributed by atoms with Gasteiger partial charge in [0.1, 0.15) is 0 Å². The zero-order chi connectivity index (χ0) is 13.3. The monoisotopic (exact) mass is 305 g/mol. The molecule has 2 aromatic rings. The van der Waals surface area contributed by atoms with Gasteiger partial charge in [0, 0.05) is 21.2 Å². The van der Waals surface area contributed by atoms with Gasteiger partial charge in [-0.2, -0.15) is 0 Å². The maximum absolute atomic E-state index is 13.4. The molecule has 1 N–H and O–H groups in total. The Morgan fingerprint density at radius 1 is 1.06 bits per heavy atom. The van der Waals surface area contributed by atoms with Crippen LogP contribution in [0.1, 0.15) is 5.56 Å². The second-order valence-corrected chi connectivity index (χ2v) is 4.82. The van der Waals surface area contributed by atoms with Crippen LogP contribution in [0.15, 0.2) is 24.3 Å². The van der Waals surface area contributed by atoms with E-state index >= 15 is 0 Å². The number of aliphatic hydroxyl groups excluding tert-OH is 1. The summed E-state index contributed by atoms with van der Waals surface area (Å²) in [4.78, 5) is 3.90. The molecule has 0 aliphatic carbocycles. The molecule has 2 rings (SSSR count). The van der Waals surface area contributed by atoms with E-state index in [2.05, 4.69) is 4.98 Å². The lowest BCUT2D eigenvalue weighted by Crippen LogP contribution is -1.96. The van der Waals surface area contributed by atoms with E-state index in [1.807, 2.05) is 0 Å². The molecule has 18 heavy (non-hydrogen) atoms. The van der Waals surface area contributed by atoms with Gasteiger partial charge in [-0.1, -0.05) is 34.8 Å². The molecule has 0 radical (unpaired) electrons. The summed E-state index contributed by atoms with van der Waals surface area (Å²) in [5, 5.41) is 9.62. The minimum Gasteiger partial charge on any atom is -0.392 e. The van der Waals surface area contributed by atoms with Gasteiger partial charge in [0.2, 0.25) is 0 Å². The molecule has 0 aliphatic rings. The van der Waals surface area contributed by atoms with Crippen LogP contribution < -0.4 is 0 Å². The third-order valence-corrected chi connectivity index (χ3v) is 3.01. The molecular formula is C12H7Cl3FNO. The van der Waals surface area contributed by atoms with E-state index < -0.39 is 12.4 Å². The van der Waals surface area contributed by atoms with Crippen LogP contribution in [-0.2, 0) is 6.61 Å². The third-order valence-electron chi connectivity index (χ3n) is 2.32. The van der Waals surface area contributed by atoms with Crippen molar-refractivity contribution in [2.24, 2.45) is 0 Å². The zero-order valence-electron chi connectivity index (χ0n) is 8.92. The van der Waals surface area contributed by atoms with Crippen molar-refractivity contribution in [3.63, 3.8) is 0 Å². The summed E-state index contributed by atoms with van der Waals surface area (Å²) in [5.41, 5.74) is 1.07. The molecule has 94 valence electrons. The molecule has 0 spiro atoms. The number of rotatable bonds is 2. The smallest absolute Gasteiger partial charge is 0.166 e. The van der Waals surface area contributed by atoms with E-state index in [0.717, 1.165) is 0 Å². The Balaban J connectivity index is 2.60. The molecule has 0 unspecified atom stereocenters. The first-order valence-corrected chi connectivity index (χ1v) is 6.07. The van der Waals surface area contributed by atoms with Crippen molar-refractivity contribution < 1.29 is 9.50 Å². The van der Waals surface area contributed by atoms with Crippen LogP contribution in [0.3, 0.4) is 0 Å². The van der Waals surface area contributed by atoms with E-state index in [0.29, 0.717) is 21.3 Å². The summed E-state index contributed by atoms with van der Waals surface area (Å²) >= 11 is 17.4. The first kappa shape index (κ1) is 13.6. The maximum atomic E-state index is 13.4. The lowest BCUT2D eigenvalue weighted by atomic mass is 10.1. The van der Waals surface area contributed by atoms with E-state index in [4.69, 9.17) is 39.9 Å². The normalized spacial score (nSPS) is 10.7. The van der Waals surface area contributed by atoms with Crippen LogP contribution in [-0.4, -0.2) is 10.1 Å². The van der Waals surface area contributed by atoms with Gasteiger partial charge in [-0.25, -0.2) is 9.37 Å². The van der Waals surface area contributed by atoms with E-state index in [9.17, 15) is 4.39 Å². The summed E-state index contributed by atoms with van der Waals surface area (Å²) < 4.78 is 13.4. The average molecular weight is 307 g/mol. The summed E-state index contributed by atoms with van der Waals surface area (Å²) in [6.07, 6.45) is 0. The number of hydrogen-bond acceptors (Lipinski definition) is 2. The number of aromatic nitrogens is 1. The van der Waals surface area contributed by atoms with Crippen molar-refractivity contribution in [3.8, 4) is 11.3 Å². The Bertz CT molecular complexity index is 584. The molecule has 0 amide bonds. The zero-order valence-corrected chi connectivity index (χ0v) is 11.2.